The van der Waals surface area contributed by atoms with Crippen molar-refractivity contribution in [2.45, 2.75) is 13.0 Å². The van der Waals surface area contributed by atoms with Crippen molar-refractivity contribution >= 4 is 11.6 Å². The third kappa shape index (κ3) is 3.32. The molecule has 0 aliphatic carbocycles. The molecule has 0 fully saturated rings. The fraction of sp³-hybridized carbons (Fsp3) is 0.188. The Kier molecular flexibility index (Phi) is 4.45. The molecule has 110 valence electrons. The predicted octanol–water partition coefficient (Wildman–Crippen LogP) is 2.63. The molecule has 0 heterocycles. The van der Waals surface area contributed by atoms with Gasteiger partial charge in [0.25, 0.3) is 5.91 Å². The van der Waals surface area contributed by atoms with Crippen LogP contribution >= 0.6 is 0 Å². The van der Waals surface area contributed by atoms with Gasteiger partial charge in [0.15, 0.2) is 11.5 Å². The molecule has 5 nitrogen and oxygen atoms in total. The van der Waals surface area contributed by atoms with E-state index in [9.17, 15) is 15.0 Å². The first-order chi connectivity index (χ1) is 10.0. The van der Waals surface area contributed by atoms with Gasteiger partial charge in [-0.2, -0.15) is 0 Å². The van der Waals surface area contributed by atoms with Gasteiger partial charge in [-0.25, -0.2) is 0 Å². The van der Waals surface area contributed by atoms with Gasteiger partial charge in [0, 0.05) is 17.3 Å². The van der Waals surface area contributed by atoms with Crippen LogP contribution in [0.5, 0.6) is 11.5 Å². The summed E-state index contributed by atoms with van der Waals surface area (Å²) < 4.78 is 0. The SMILES string of the molecule is CNC(C)c1ccccc1NC(=O)c1ccc(O)c(O)c1. The Morgan fingerprint density at radius 1 is 1.10 bits per heavy atom. The van der Waals surface area contributed by atoms with Gasteiger partial charge < -0.3 is 20.8 Å². The minimum absolute atomic E-state index is 0.0923. The highest BCUT2D eigenvalue weighted by Gasteiger charge is 2.13. The highest BCUT2D eigenvalue weighted by atomic mass is 16.3. The lowest BCUT2D eigenvalue weighted by molar-refractivity contribution is 0.102. The lowest BCUT2D eigenvalue weighted by Crippen LogP contribution is -2.18. The van der Waals surface area contributed by atoms with Crippen molar-refractivity contribution in [3.05, 3.63) is 53.6 Å². The number of carbonyl (C=O) groups is 1. The molecule has 1 atom stereocenters. The van der Waals surface area contributed by atoms with Crippen LogP contribution in [0.15, 0.2) is 42.5 Å². The number of nitrogens with one attached hydrogen (secondary N) is 2. The number of hydrogen-bond acceptors (Lipinski definition) is 4. The number of carbonyl (C=O) groups excluding carboxylic acids is 1. The molecule has 0 spiro atoms. The largest absolute Gasteiger partial charge is 0.504 e. The zero-order valence-electron chi connectivity index (χ0n) is 11.9. The first-order valence-electron chi connectivity index (χ1n) is 6.62. The first-order valence-corrected chi connectivity index (χ1v) is 6.62. The van der Waals surface area contributed by atoms with E-state index >= 15 is 0 Å². The minimum atomic E-state index is -0.346. The van der Waals surface area contributed by atoms with E-state index < -0.39 is 0 Å². The summed E-state index contributed by atoms with van der Waals surface area (Å²) in [6.45, 7) is 2.00. The summed E-state index contributed by atoms with van der Waals surface area (Å²) >= 11 is 0. The van der Waals surface area contributed by atoms with Crippen LogP contribution in [0.3, 0.4) is 0 Å². The number of benzene rings is 2. The van der Waals surface area contributed by atoms with Crippen molar-refractivity contribution in [3.63, 3.8) is 0 Å². The molecule has 1 amide bonds. The molecule has 0 saturated carbocycles. The molecule has 1 unspecified atom stereocenters. The van der Waals surface area contributed by atoms with Crippen LogP contribution in [0.4, 0.5) is 5.69 Å². The zero-order valence-corrected chi connectivity index (χ0v) is 11.9. The quantitative estimate of drug-likeness (QED) is 0.651. The Morgan fingerprint density at radius 3 is 2.48 bits per heavy atom. The average molecular weight is 286 g/mol. The monoisotopic (exact) mass is 286 g/mol. The van der Waals surface area contributed by atoms with Crippen LogP contribution < -0.4 is 10.6 Å². The molecule has 0 aliphatic rings. The van der Waals surface area contributed by atoms with Crippen molar-refractivity contribution < 1.29 is 15.0 Å². The van der Waals surface area contributed by atoms with Gasteiger partial charge in [-0.15, -0.1) is 0 Å². The van der Waals surface area contributed by atoms with E-state index in [0.717, 1.165) is 5.56 Å². The van der Waals surface area contributed by atoms with Crippen molar-refractivity contribution in [3.8, 4) is 11.5 Å². The Balaban J connectivity index is 2.25. The topological polar surface area (TPSA) is 81.6 Å². The van der Waals surface area contributed by atoms with Crippen LogP contribution in [0.25, 0.3) is 0 Å². The third-order valence-electron chi connectivity index (χ3n) is 3.35. The van der Waals surface area contributed by atoms with Gasteiger partial charge in [-0.3, -0.25) is 4.79 Å². The number of phenolic OH excluding ortho intramolecular Hbond substituents is 2. The van der Waals surface area contributed by atoms with Crippen LogP contribution in [-0.2, 0) is 0 Å². The molecule has 0 aliphatic heterocycles. The molecule has 4 N–H and O–H groups in total. The number of anilines is 1. The van der Waals surface area contributed by atoms with Gasteiger partial charge in [0.1, 0.15) is 0 Å². The number of rotatable bonds is 4. The van der Waals surface area contributed by atoms with E-state index in [2.05, 4.69) is 10.6 Å². The van der Waals surface area contributed by atoms with Crippen LogP contribution in [0.1, 0.15) is 28.9 Å². The predicted molar refractivity (Wildman–Crippen MR) is 81.6 cm³/mol. The molecule has 2 rings (SSSR count). The molecule has 0 radical (unpaired) electrons. The smallest absolute Gasteiger partial charge is 0.255 e. The van der Waals surface area contributed by atoms with E-state index in [4.69, 9.17) is 0 Å². The molecule has 0 bridgehead atoms. The summed E-state index contributed by atoms with van der Waals surface area (Å²) in [6.07, 6.45) is 0. The van der Waals surface area contributed by atoms with Gasteiger partial charge >= 0.3 is 0 Å². The normalized spacial score (nSPS) is 11.9. The highest BCUT2D eigenvalue weighted by molar-refractivity contribution is 6.05. The Hall–Kier alpha value is -2.53. The summed E-state index contributed by atoms with van der Waals surface area (Å²) in [4.78, 5) is 12.2. The van der Waals surface area contributed by atoms with E-state index in [1.807, 2.05) is 38.2 Å². The second kappa shape index (κ2) is 6.28. The second-order valence-corrected chi connectivity index (χ2v) is 4.76. The second-order valence-electron chi connectivity index (χ2n) is 4.76. The standard InChI is InChI=1S/C16H18N2O3/c1-10(17-2)12-5-3-4-6-13(12)18-16(21)11-7-8-14(19)15(20)9-11/h3-10,17,19-20H,1-2H3,(H,18,21). The molecule has 2 aromatic rings. The van der Waals surface area contributed by atoms with Crippen LogP contribution in [0.2, 0.25) is 0 Å². The first kappa shape index (κ1) is 14.9. The highest BCUT2D eigenvalue weighted by Crippen LogP contribution is 2.26. The van der Waals surface area contributed by atoms with Crippen LogP contribution in [-0.4, -0.2) is 23.2 Å². The summed E-state index contributed by atoms with van der Waals surface area (Å²) in [5.41, 5.74) is 1.95. The Bertz CT molecular complexity index is 656. The number of aromatic hydroxyl groups is 2. The van der Waals surface area contributed by atoms with Gasteiger partial charge in [0.2, 0.25) is 0 Å². The minimum Gasteiger partial charge on any atom is -0.504 e. The van der Waals surface area contributed by atoms with Crippen molar-refractivity contribution in [2.75, 3.05) is 12.4 Å². The summed E-state index contributed by atoms with van der Waals surface area (Å²) in [5.74, 6) is -0.920. The lowest BCUT2D eigenvalue weighted by Gasteiger charge is -2.16. The molecular formula is C16H18N2O3. The number of para-hydroxylation sites is 1. The maximum absolute atomic E-state index is 12.2. The van der Waals surface area contributed by atoms with Crippen molar-refractivity contribution in [1.29, 1.82) is 0 Å². The molecule has 5 heteroatoms. The van der Waals surface area contributed by atoms with Crippen molar-refractivity contribution in [2.24, 2.45) is 0 Å². The maximum Gasteiger partial charge on any atom is 0.255 e. The lowest BCUT2D eigenvalue weighted by atomic mass is 10.1. The van der Waals surface area contributed by atoms with Gasteiger partial charge in [-0.05, 0) is 43.8 Å². The van der Waals surface area contributed by atoms with E-state index in [0.29, 0.717) is 5.69 Å². The molecule has 0 saturated heterocycles. The number of hydrogen-bond donors (Lipinski definition) is 4. The average Bonchev–Trinajstić information content (AvgIpc) is 2.49. The summed E-state index contributed by atoms with van der Waals surface area (Å²) in [5, 5.41) is 24.7. The molecule has 0 aromatic heterocycles. The van der Waals surface area contributed by atoms with Crippen LogP contribution in [0, 0.1) is 0 Å². The zero-order chi connectivity index (χ0) is 15.4. The maximum atomic E-state index is 12.2. The fourth-order valence-electron chi connectivity index (χ4n) is 2.00. The van der Waals surface area contributed by atoms with E-state index in [-0.39, 0.29) is 29.0 Å². The molecule has 2 aromatic carbocycles. The van der Waals surface area contributed by atoms with Gasteiger partial charge in [0.05, 0.1) is 0 Å². The number of phenols is 2. The Labute approximate surface area is 123 Å². The summed E-state index contributed by atoms with van der Waals surface area (Å²) in [7, 11) is 1.85. The fourth-order valence-corrected chi connectivity index (χ4v) is 2.00. The Morgan fingerprint density at radius 2 is 1.81 bits per heavy atom. The third-order valence-corrected chi connectivity index (χ3v) is 3.35. The van der Waals surface area contributed by atoms with E-state index in [1.165, 1.54) is 18.2 Å². The molecule has 21 heavy (non-hydrogen) atoms. The molecular weight excluding hydrogens is 268 g/mol. The van der Waals surface area contributed by atoms with Crippen molar-refractivity contribution in [1.82, 2.24) is 5.32 Å². The number of amides is 1. The van der Waals surface area contributed by atoms with Gasteiger partial charge in [-0.1, -0.05) is 18.2 Å². The van der Waals surface area contributed by atoms with E-state index in [1.54, 1.807) is 0 Å². The summed E-state index contributed by atoms with van der Waals surface area (Å²) in [6, 6.07) is 11.6.